The molecule has 0 amide bonds. The minimum absolute atomic E-state index is 0.264. The predicted molar refractivity (Wildman–Crippen MR) is 56.8 cm³/mol. The maximum absolute atomic E-state index is 12.0. The van der Waals surface area contributed by atoms with E-state index < -0.39 is 10.0 Å². The van der Waals surface area contributed by atoms with Gasteiger partial charge < -0.3 is 0 Å². The summed E-state index contributed by atoms with van der Waals surface area (Å²) in [6, 6.07) is 3.20. The van der Waals surface area contributed by atoms with E-state index >= 15 is 0 Å². The zero-order chi connectivity index (χ0) is 10.7. The van der Waals surface area contributed by atoms with E-state index in [-0.39, 0.29) is 4.90 Å². The molecule has 4 nitrogen and oxygen atoms in total. The van der Waals surface area contributed by atoms with E-state index in [0.29, 0.717) is 13.1 Å². The Morgan fingerprint density at radius 3 is 2.80 bits per heavy atom. The Balaban J connectivity index is 2.31. The third kappa shape index (κ3) is 2.08. The molecule has 80 valence electrons. The number of hydrogen-bond acceptors (Lipinski definition) is 3. The van der Waals surface area contributed by atoms with Crippen molar-refractivity contribution >= 4 is 10.0 Å². The van der Waals surface area contributed by atoms with Crippen LogP contribution in [0.5, 0.6) is 0 Å². The first-order chi connectivity index (χ1) is 7.21. The second-order valence-corrected chi connectivity index (χ2v) is 5.25. The summed E-state index contributed by atoms with van der Waals surface area (Å²) in [5.41, 5.74) is 0. The molecule has 0 unspecified atom stereocenters. The molecule has 1 aliphatic rings. The van der Waals surface area contributed by atoms with E-state index in [1.54, 1.807) is 18.3 Å². The Morgan fingerprint density at radius 2 is 2.20 bits per heavy atom. The monoisotopic (exact) mass is 224 g/mol. The van der Waals surface area contributed by atoms with Gasteiger partial charge in [0.1, 0.15) is 4.90 Å². The minimum atomic E-state index is -3.34. The molecule has 0 radical (unpaired) electrons. The lowest BCUT2D eigenvalue weighted by Crippen LogP contribution is -2.33. The van der Waals surface area contributed by atoms with Crippen LogP contribution in [-0.2, 0) is 10.0 Å². The van der Waals surface area contributed by atoms with E-state index in [1.165, 1.54) is 10.5 Å². The first-order valence-corrected chi connectivity index (χ1v) is 6.20. The molecule has 0 bridgehead atoms. The molecule has 15 heavy (non-hydrogen) atoms. The summed E-state index contributed by atoms with van der Waals surface area (Å²) >= 11 is 0. The van der Waals surface area contributed by atoms with E-state index in [2.05, 4.69) is 4.98 Å². The maximum atomic E-state index is 12.0. The van der Waals surface area contributed by atoms with Crippen LogP contribution in [-0.4, -0.2) is 30.8 Å². The first-order valence-electron chi connectivity index (χ1n) is 4.76. The quantitative estimate of drug-likeness (QED) is 0.705. The van der Waals surface area contributed by atoms with Crippen molar-refractivity contribution in [3.05, 3.63) is 36.7 Å². The van der Waals surface area contributed by atoms with E-state index in [9.17, 15) is 8.42 Å². The zero-order valence-electron chi connectivity index (χ0n) is 8.20. The summed E-state index contributed by atoms with van der Waals surface area (Å²) in [5, 5.41) is 0. The van der Waals surface area contributed by atoms with Crippen molar-refractivity contribution in [3.8, 4) is 0 Å². The molecule has 5 heteroatoms. The average Bonchev–Trinajstić information content (AvgIpc) is 2.31. The molecule has 1 aliphatic heterocycles. The fraction of sp³-hybridized carbons (Fsp3) is 0.300. The van der Waals surface area contributed by atoms with Gasteiger partial charge in [-0.3, -0.25) is 4.98 Å². The Hall–Kier alpha value is -1.20. The standard InChI is InChI=1S/C10H12N2O2S/c13-15(14,10-5-4-6-11-9-10)12-7-2-1-3-8-12/h1-2,4-6,9H,3,7-8H2. The van der Waals surface area contributed by atoms with Crippen molar-refractivity contribution in [1.29, 1.82) is 0 Å². The fourth-order valence-electron chi connectivity index (χ4n) is 1.49. The van der Waals surface area contributed by atoms with Crippen LogP contribution < -0.4 is 0 Å². The van der Waals surface area contributed by atoms with Gasteiger partial charge in [0.15, 0.2) is 0 Å². The van der Waals surface area contributed by atoms with Gasteiger partial charge in [-0.15, -0.1) is 0 Å². The average molecular weight is 224 g/mol. The predicted octanol–water partition coefficient (Wildman–Crippen LogP) is 1.03. The third-order valence-electron chi connectivity index (χ3n) is 2.29. The molecular weight excluding hydrogens is 212 g/mol. The number of nitrogens with zero attached hydrogens (tertiary/aromatic N) is 2. The largest absolute Gasteiger partial charge is 0.263 e. The van der Waals surface area contributed by atoms with Crippen LogP contribution in [0, 0.1) is 0 Å². The summed E-state index contributed by atoms with van der Waals surface area (Å²) in [5.74, 6) is 0. The van der Waals surface area contributed by atoms with Gasteiger partial charge in [-0.25, -0.2) is 8.42 Å². The van der Waals surface area contributed by atoms with Crippen LogP contribution in [0.15, 0.2) is 41.6 Å². The molecule has 0 N–H and O–H groups in total. The van der Waals surface area contributed by atoms with Crippen molar-refractivity contribution in [3.63, 3.8) is 0 Å². The smallest absolute Gasteiger partial charge is 0.244 e. The molecular formula is C10H12N2O2S. The number of aromatic nitrogens is 1. The molecule has 0 saturated heterocycles. The zero-order valence-corrected chi connectivity index (χ0v) is 9.02. The van der Waals surface area contributed by atoms with Gasteiger partial charge in [-0.1, -0.05) is 12.2 Å². The molecule has 1 aromatic heterocycles. The second kappa shape index (κ2) is 4.12. The molecule has 2 heterocycles. The Labute approximate surface area is 89.3 Å². The Kier molecular flexibility index (Phi) is 2.83. The van der Waals surface area contributed by atoms with Gasteiger partial charge in [0.05, 0.1) is 0 Å². The SMILES string of the molecule is O=S(=O)(c1cccnc1)N1CC=CCC1. The summed E-state index contributed by atoms with van der Waals surface area (Å²) in [6.07, 6.45) is 7.59. The van der Waals surface area contributed by atoms with Crippen LogP contribution in [0.2, 0.25) is 0 Å². The maximum Gasteiger partial charge on any atom is 0.244 e. The summed E-state index contributed by atoms with van der Waals surface area (Å²) in [6.45, 7) is 1.00. The number of rotatable bonds is 2. The molecule has 0 saturated carbocycles. The van der Waals surface area contributed by atoms with Crippen molar-refractivity contribution in [1.82, 2.24) is 9.29 Å². The Morgan fingerprint density at radius 1 is 1.33 bits per heavy atom. The second-order valence-electron chi connectivity index (χ2n) is 3.31. The van der Waals surface area contributed by atoms with Gasteiger partial charge in [-0.05, 0) is 18.6 Å². The van der Waals surface area contributed by atoms with Gasteiger partial charge in [0.2, 0.25) is 10.0 Å². The lowest BCUT2D eigenvalue weighted by molar-refractivity contribution is 0.437. The Bertz CT molecular complexity index is 454. The molecule has 0 atom stereocenters. The molecule has 1 aromatic rings. The van der Waals surface area contributed by atoms with Gasteiger partial charge >= 0.3 is 0 Å². The van der Waals surface area contributed by atoms with Gasteiger partial charge in [0.25, 0.3) is 0 Å². The number of pyridine rings is 1. The summed E-state index contributed by atoms with van der Waals surface area (Å²) in [4.78, 5) is 4.09. The van der Waals surface area contributed by atoms with Crippen molar-refractivity contribution in [2.24, 2.45) is 0 Å². The first kappa shape index (κ1) is 10.3. The topological polar surface area (TPSA) is 50.3 Å². The van der Waals surface area contributed by atoms with Crippen LogP contribution in [0.3, 0.4) is 0 Å². The van der Waals surface area contributed by atoms with E-state index in [1.807, 2.05) is 12.2 Å². The van der Waals surface area contributed by atoms with E-state index in [4.69, 9.17) is 0 Å². The van der Waals surface area contributed by atoms with E-state index in [0.717, 1.165) is 6.42 Å². The number of hydrogen-bond donors (Lipinski definition) is 0. The van der Waals surface area contributed by atoms with Gasteiger partial charge in [-0.2, -0.15) is 4.31 Å². The molecule has 0 aromatic carbocycles. The lowest BCUT2D eigenvalue weighted by Gasteiger charge is -2.22. The van der Waals surface area contributed by atoms with Crippen molar-refractivity contribution in [2.75, 3.05) is 13.1 Å². The van der Waals surface area contributed by atoms with Crippen molar-refractivity contribution < 1.29 is 8.42 Å². The summed E-state index contributed by atoms with van der Waals surface area (Å²) in [7, 11) is -3.34. The third-order valence-corrected chi connectivity index (χ3v) is 4.14. The molecule has 2 rings (SSSR count). The van der Waals surface area contributed by atoms with Crippen LogP contribution in [0.1, 0.15) is 6.42 Å². The van der Waals surface area contributed by atoms with Crippen molar-refractivity contribution in [2.45, 2.75) is 11.3 Å². The summed E-state index contributed by atoms with van der Waals surface area (Å²) < 4.78 is 25.5. The molecule has 0 spiro atoms. The van der Waals surface area contributed by atoms with Crippen LogP contribution in [0.25, 0.3) is 0 Å². The van der Waals surface area contributed by atoms with Gasteiger partial charge in [0, 0.05) is 25.5 Å². The highest BCUT2D eigenvalue weighted by Gasteiger charge is 2.23. The lowest BCUT2D eigenvalue weighted by atomic mass is 10.3. The highest BCUT2D eigenvalue weighted by atomic mass is 32.2. The number of sulfonamides is 1. The molecule has 0 aliphatic carbocycles. The minimum Gasteiger partial charge on any atom is -0.263 e. The highest BCUT2D eigenvalue weighted by molar-refractivity contribution is 7.89. The van der Waals surface area contributed by atoms with Crippen LogP contribution >= 0.6 is 0 Å². The molecule has 0 fully saturated rings. The fourth-order valence-corrected chi connectivity index (χ4v) is 2.86. The highest BCUT2D eigenvalue weighted by Crippen LogP contribution is 2.16. The normalized spacial score (nSPS) is 17.9. The van der Waals surface area contributed by atoms with Crippen LogP contribution in [0.4, 0.5) is 0 Å².